The first-order chi connectivity index (χ1) is 7.48. The molecule has 84 valence electrons. The van der Waals surface area contributed by atoms with Crippen LogP contribution in [0.5, 0.6) is 0 Å². The SMILES string of the molecule is CS(=O)(=O)c1nc(-c2cncs2)ncc1F. The van der Waals surface area contributed by atoms with Gasteiger partial charge in [-0.25, -0.2) is 22.8 Å². The Morgan fingerprint density at radius 1 is 1.38 bits per heavy atom. The Balaban J connectivity index is 2.61. The van der Waals surface area contributed by atoms with Gasteiger partial charge in [0.15, 0.2) is 26.5 Å². The second-order valence-electron chi connectivity index (χ2n) is 2.98. The highest BCUT2D eigenvalue weighted by Gasteiger charge is 2.18. The van der Waals surface area contributed by atoms with Crippen LogP contribution in [0.15, 0.2) is 22.9 Å². The van der Waals surface area contributed by atoms with Crippen LogP contribution in [0.3, 0.4) is 0 Å². The van der Waals surface area contributed by atoms with Crippen molar-refractivity contribution in [1.29, 1.82) is 0 Å². The number of nitrogens with zero attached hydrogens (tertiary/aromatic N) is 3. The van der Waals surface area contributed by atoms with Gasteiger partial charge < -0.3 is 0 Å². The van der Waals surface area contributed by atoms with Gasteiger partial charge in [-0.05, 0) is 0 Å². The molecule has 2 rings (SSSR count). The van der Waals surface area contributed by atoms with Crippen LogP contribution in [-0.4, -0.2) is 29.6 Å². The zero-order chi connectivity index (χ0) is 11.8. The van der Waals surface area contributed by atoms with Crippen molar-refractivity contribution in [2.75, 3.05) is 6.26 Å². The van der Waals surface area contributed by atoms with Crippen LogP contribution in [-0.2, 0) is 9.84 Å². The molecule has 0 saturated heterocycles. The zero-order valence-electron chi connectivity index (χ0n) is 8.08. The van der Waals surface area contributed by atoms with Crippen molar-refractivity contribution in [3.63, 3.8) is 0 Å². The van der Waals surface area contributed by atoms with Gasteiger partial charge in [0, 0.05) is 12.5 Å². The number of rotatable bonds is 2. The Morgan fingerprint density at radius 3 is 2.69 bits per heavy atom. The smallest absolute Gasteiger partial charge is 0.195 e. The van der Waals surface area contributed by atoms with E-state index < -0.39 is 20.7 Å². The molecule has 0 aliphatic carbocycles. The lowest BCUT2D eigenvalue weighted by atomic mass is 10.5. The van der Waals surface area contributed by atoms with Crippen LogP contribution in [0, 0.1) is 5.82 Å². The molecule has 0 aliphatic heterocycles. The predicted molar refractivity (Wildman–Crippen MR) is 56.2 cm³/mol. The summed E-state index contributed by atoms with van der Waals surface area (Å²) in [6.45, 7) is 0. The Morgan fingerprint density at radius 2 is 2.12 bits per heavy atom. The first kappa shape index (κ1) is 11.1. The van der Waals surface area contributed by atoms with E-state index in [0.29, 0.717) is 4.88 Å². The number of halogens is 1. The Labute approximate surface area is 94.9 Å². The Bertz CT molecular complexity index is 610. The lowest BCUT2D eigenvalue weighted by Crippen LogP contribution is -2.06. The van der Waals surface area contributed by atoms with E-state index in [-0.39, 0.29) is 5.82 Å². The number of sulfone groups is 1. The molecule has 0 N–H and O–H groups in total. The molecule has 0 bridgehead atoms. The average Bonchev–Trinajstić information content (AvgIpc) is 2.69. The molecule has 0 unspecified atom stereocenters. The van der Waals surface area contributed by atoms with Gasteiger partial charge in [0.05, 0.1) is 16.6 Å². The van der Waals surface area contributed by atoms with Gasteiger partial charge in [0.1, 0.15) is 0 Å². The second-order valence-corrected chi connectivity index (χ2v) is 5.80. The molecule has 0 radical (unpaired) electrons. The van der Waals surface area contributed by atoms with Gasteiger partial charge in [-0.15, -0.1) is 11.3 Å². The first-order valence-corrected chi connectivity index (χ1v) is 6.87. The van der Waals surface area contributed by atoms with E-state index in [9.17, 15) is 12.8 Å². The molecule has 0 aromatic carbocycles. The molecule has 0 aliphatic rings. The highest BCUT2D eigenvalue weighted by molar-refractivity contribution is 7.90. The van der Waals surface area contributed by atoms with Crippen molar-refractivity contribution < 1.29 is 12.8 Å². The Hall–Kier alpha value is -1.41. The van der Waals surface area contributed by atoms with E-state index in [1.54, 1.807) is 5.51 Å². The lowest BCUT2D eigenvalue weighted by molar-refractivity contribution is 0.552. The summed E-state index contributed by atoms with van der Waals surface area (Å²) >= 11 is 1.25. The molecule has 16 heavy (non-hydrogen) atoms. The molecule has 5 nitrogen and oxygen atoms in total. The summed E-state index contributed by atoms with van der Waals surface area (Å²) < 4.78 is 35.7. The monoisotopic (exact) mass is 259 g/mol. The Kier molecular flexibility index (Phi) is 2.68. The topological polar surface area (TPSA) is 72.8 Å². The average molecular weight is 259 g/mol. The van der Waals surface area contributed by atoms with Crippen molar-refractivity contribution in [3.8, 4) is 10.7 Å². The van der Waals surface area contributed by atoms with Gasteiger partial charge in [-0.3, -0.25) is 4.98 Å². The number of hydrogen-bond donors (Lipinski definition) is 0. The van der Waals surface area contributed by atoms with Crippen LogP contribution in [0.1, 0.15) is 0 Å². The summed E-state index contributed by atoms with van der Waals surface area (Å²) in [7, 11) is -3.69. The quantitative estimate of drug-likeness (QED) is 0.756. The summed E-state index contributed by atoms with van der Waals surface area (Å²) in [6.07, 6.45) is 3.23. The van der Waals surface area contributed by atoms with E-state index in [0.717, 1.165) is 12.5 Å². The molecular weight excluding hydrogens is 253 g/mol. The van der Waals surface area contributed by atoms with Gasteiger partial charge in [0.2, 0.25) is 0 Å². The fourth-order valence-electron chi connectivity index (χ4n) is 1.06. The van der Waals surface area contributed by atoms with Gasteiger partial charge in [-0.2, -0.15) is 0 Å². The van der Waals surface area contributed by atoms with Crippen LogP contribution in [0.25, 0.3) is 10.7 Å². The van der Waals surface area contributed by atoms with Crippen LogP contribution < -0.4 is 0 Å². The molecule has 0 amide bonds. The fourth-order valence-corrected chi connectivity index (χ4v) is 2.28. The van der Waals surface area contributed by atoms with Crippen molar-refractivity contribution in [2.45, 2.75) is 5.03 Å². The maximum absolute atomic E-state index is 13.2. The second kappa shape index (κ2) is 3.87. The summed E-state index contributed by atoms with van der Waals surface area (Å²) in [4.78, 5) is 11.8. The normalized spacial score (nSPS) is 11.6. The zero-order valence-corrected chi connectivity index (χ0v) is 9.72. The first-order valence-electron chi connectivity index (χ1n) is 4.10. The molecule has 0 fully saturated rings. The fraction of sp³-hybridized carbons (Fsp3) is 0.125. The summed E-state index contributed by atoms with van der Waals surface area (Å²) in [5, 5.41) is -0.592. The van der Waals surface area contributed by atoms with Crippen LogP contribution in [0.4, 0.5) is 4.39 Å². The molecule has 8 heteroatoms. The number of thiazole rings is 1. The maximum atomic E-state index is 13.2. The molecule has 0 spiro atoms. The van der Waals surface area contributed by atoms with E-state index >= 15 is 0 Å². The molecule has 2 heterocycles. The summed E-state index contributed by atoms with van der Waals surface area (Å²) in [5.74, 6) is -0.792. The van der Waals surface area contributed by atoms with Crippen molar-refractivity contribution in [2.24, 2.45) is 0 Å². The van der Waals surface area contributed by atoms with Crippen LogP contribution >= 0.6 is 11.3 Å². The van der Waals surface area contributed by atoms with Gasteiger partial charge in [-0.1, -0.05) is 0 Å². The third kappa shape index (κ3) is 2.07. The number of hydrogen-bond acceptors (Lipinski definition) is 6. The molecule has 2 aromatic rings. The van der Waals surface area contributed by atoms with E-state index in [1.165, 1.54) is 17.5 Å². The van der Waals surface area contributed by atoms with Crippen molar-refractivity contribution in [3.05, 3.63) is 23.7 Å². The molecule has 2 aromatic heterocycles. The predicted octanol–water partition coefficient (Wildman–Crippen LogP) is 1.14. The van der Waals surface area contributed by atoms with Crippen molar-refractivity contribution in [1.82, 2.24) is 15.0 Å². The third-order valence-electron chi connectivity index (χ3n) is 1.72. The van der Waals surface area contributed by atoms with Crippen LogP contribution in [0.2, 0.25) is 0 Å². The molecule has 0 atom stereocenters. The minimum absolute atomic E-state index is 0.157. The third-order valence-corrected chi connectivity index (χ3v) is 3.47. The van der Waals surface area contributed by atoms with E-state index in [1.807, 2.05) is 0 Å². The lowest BCUT2D eigenvalue weighted by Gasteiger charge is -2.01. The minimum atomic E-state index is -3.69. The highest BCUT2D eigenvalue weighted by atomic mass is 32.2. The van der Waals surface area contributed by atoms with Gasteiger partial charge in [0.25, 0.3) is 0 Å². The molecular formula is C8H6FN3O2S2. The van der Waals surface area contributed by atoms with E-state index in [2.05, 4.69) is 15.0 Å². The minimum Gasteiger partial charge on any atom is -0.252 e. The number of aromatic nitrogens is 3. The largest absolute Gasteiger partial charge is 0.252 e. The maximum Gasteiger partial charge on any atom is 0.195 e. The van der Waals surface area contributed by atoms with E-state index in [4.69, 9.17) is 0 Å². The van der Waals surface area contributed by atoms with Crippen molar-refractivity contribution >= 4 is 21.2 Å². The summed E-state index contributed by atoms with van der Waals surface area (Å²) in [6, 6.07) is 0. The van der Waals surface area contributed by atoms with Gasteiger partial charge >= 0.3 is 0 Å². The highest BCUT2D eigenvalue weighted by Crippen LogP contribution is 2.21. The molecule has 0 saturated carbocycles. The summed E-state index contributed by atoms with van der Waals surface area (Å²) in [5.41, 5.74) is 1.56. The standard InChI is InChI=1S/C8H6FN3O2S2/c1-16(13,14)8-5(9)2-11-7(12-8)6-3-10-4-15-6/h2-4H,1H3.